The minimum absolute atomic E-state index is 0.00164. The van der Waals surface area contributed by atoms with Gasteiger partial charge in [-0.2, -0.15) is 0 Å². The van der Waals surface area contributed by atoms with E-state index < -0.39 is 16.8 Å². The van der Waals surface area contributed by atoms with Gasteiger partial charge in [-0.3, -0.25) is 4.79 Å². The summed E-state index contributed by atoms with van der Waals surface area (Å²) < 4.78 is 5.35. The van der Waals surface area contributed by atoms with Crippen molar-refractivity contribution in [3.05, 3.63) is 46.3 Å². The van der Waals surface area contributed by atoms with Crippen molar-refractivity contribution in [2.45, 2.75) is 32.3 Å². The van der Waals surface area contributed by atoms with Crippen molar-refractivity contribution < 1.29 is 29.9 Å². The summed E-state index contributed by atoms with van der Waals surface area (Å²) in [7, 11) is 0. The zero-order valence-electron chi connectivity index (χ0n) is 14.9. The van der Waals surface area contributed by atoms with Crippen LogP contribution in [0.4, 0.5) is 0 Å². The van der Waals surface area contributed by atoms with Gasteiger partial charge in [0, 0.05) is 23.3 Å². The van der Waals surface area contributed by atoms with E-state index in [0.29, 0.717) is 0 Å². The molecule has 0 unspecified atom stereocenters. The molecular formula is C20H20O7. The molecule has 0 fully saturated rings. The van der Waals surface area contributed by atoms with E-state index in [4.69, 9.17) is 4.42 Å². The SMILES string of the molecule is CC(C)(O)CCc1c(O)ccc(-c2coc3cc(O)cc(O)c3c2=O)c1O. The summed E-state index contributed by atoms with van der Waals surface area (Å²) in [5, 5.41) is 49.9. The van der Waals surface area contributed by atoms with Crippen LogP contribution in [-0.4, -0.2) is 31.1 Å². The Labute approximate surface area is 154 Å². The van der Waals surface area contributed by atoms with E-state index in [2.05, 4.69) is 0 Å². The predicted octanol–water partition coefficient (Wildman–Crippen LogP) is 2.99. The lowest BCUT2D eigenvalue weighted by atomic mass is 9.94. The third-order valence-electron chi connectivity index (χ3n) is 4.38. The number of aliphatic hydroxyl groups is 1. The van der Waals surface area contributed by atoms with Gasteiger partial charge in [0.25, 0.3) is 0 Å². The fourth-order valence-corrected chi connectivity index (χ4v) is 2.92. The van der Waals surface area contributed by atoms with Gasteiger partial charge in [0.05, 0.1) is 11.2 Å². The molecule has 7 nitrogen and oxygen atoms in total. The second-order valence-electron chi connectivity index (χ2n) is 7.09. The van der Waals surface area contributed by atoms with Crippen molar-refractivity contribution in [3.63, 3.8) is 0 Å². The minimum Gasteiger partial charge on any atom is -0.508 e. The first-order valence-corrected chi connectivity index (χ1v) is 8.32. The molecule has 5 N–H and O–H groups in total. The number of rotatable bonds is 4. The highest BCUT2D eigenvalue weighted by Crippen LogP contribution is 2.38. The van der Waals surface area contributed by atoms with E-state index in [-0.39, 0.29) is 57.7 Å². The molecule has 1 heterocycles. The average molecular weight is 372 g/mol. The summed E-state index contributed by atoms with van der Waals surface area (Å²) in [5.41, 5.74) is -1.27. The van der Waals surface area contributed by atoms with Crippen LogP contribution < -0.4 is 5.43 Å². The Morgan fingerprint density at radius 3 is 2.37 bits per heavy atom. The summed E-state index contributed by atoms with van der Waals surface area (Å²) in [6, 6.07) is 4.93. The van der Waals surface area contributed by atoms with Gasteiger partial charge in [0.1, 0.15) is 40.2 Å². The zero-order valence-corrected chi connectivity index (χ0v) is 14.9. The highest BCUT2D eigenvalue weighted by atomic mass is 16.3. The quantitative estimate of drug-likeness (QED) is 0.476. The van der Waals surface area contributed by atoms with Crippen LogP contribution in [0.15, 0.2) is 39.7 Å². The second kappa shape index (κ2) is 6.51. The standard InChI is InChI=1S/C20H20O7/c1-20(2,26)6-5-12-14(22)4-3-11(18(12)24)13-9-27-16-8-10(21)7-15(23)17(16)19(13)25/h3-4,7-9,21-24,26H,5-6H2,1-2H3. The molecule has 0 aliphatic carbocycles. The smallest absolute Gasteiger partial charge is 0.204 e. The van der Waals surface area contributed by atoms with Gasteiger partial charge >= 0.3 is 0 Å². The largest absolute Gasteiger partial charge is 0.508 e. The first-order chi connectivity index (χ1) is 12.6. The lowest BCUT2D eigenvalue weighted by Crippen LogP contribution is -2.19. The highest BCUT2D eigenvalue weighted by molar-refractivity contribution is 5.89. The fraction of sp³-hybridized carbons (Fsp3) is 0.250. The third-order valence-corrected chi connectivity index (χ3v) is 4.38. The molecule has 142 valence electrons. The maximum atomic E-state index is 12.8. The number of phenols is 4. The van der Waals surface area contributed by atoms with Crippen LogP contribution in [0.25, 0.3) is 22.1 Å². The number of hydrogen-bond acceptors (Lipinski definition) is 7. The molecule has 0 saturated heterocycles. The molecule has 0 aliphatic heterocycles. The van der Waals surface area contributed by atoms with Gasteiger partial charge in [0.15, 0.2) is 0 Å². The average Bonchev–Trinajstić information content (AvgIpc) is 2.54. The molecule has 7 heteroatoms. The van der Waals surface area contributed by atoms with Crippen molar-refractivity contribution in [1.29, 1.82) is 0 Å². The van der Waals surface area contributed by atoms with Crippen LogP contribution in [0, 0.1) is 0 Å². The highest BCUT2D eigenvalue weighted by Gasteiger charge is 2.21. The normalized spacial score (nSPS) is 11.8. The van der Waals surface area contributed by atoms with Crippen LogP contribution in [0.5, 0.6) is 23.0 Å². The molecule has 1 aromatic heterocycles. The van der Waals surface area contributed by atoms with Crippen molar-refractivity contribution in [3.8, 4) is 34.1 Å². The minimum atomic E-state index is -0.995. The molecule has 3 aromatic rings. The third kappa shape index (κ3) is 3.54. The van der Waals surface area contributed by atoms with Crippen molar-refractivity contribution in [2.24, 2.45) is 0 Å². The molecule has 0 aliphatic rings. The number of benzene rings is 2. The van der Waals surface area contributed by atoms with E-state index in [1.54, 1.807) is 13.8 Å². The molecule has 0 saturated carbocycles. The van der Waals surface area contributed by atoms with Crippen molar-refractivity contribution in [1.82, 2.24) is 0 Å². The van der Waals surface area contributed by atoms with Crippen LogP contribution in [0.2, 0.25) is 0 Å². The van der Waals surface area contributed by atoms with Gasteiger partial charge in [0.2, 0.25) is 5.43 Å². The molecule has 0 spiro atoms. The van der Waals surface area contributed by atoms with E-state index in [9.17, 15) is 30.3 Å². The fourth-order valence-electron chi connectivity index (χ4n) is 2.92. The van der Waals surface area contributed by atoms with Gasteiger partial charge in [-0.25, -0.2) is 0 Å². The van der Waals surface area contributed by atoms with E-state index in [1.807, 2.05) is 0 Å². The lowest BCUT2D eigenvalue weighted by Gasteiger charge is -2.18. The van der Waals surface area contributed by atoms with Crippen LogP contribution in [0.1, 0.15) is 25.8 Å². The van der Waals surface area contributed by atoms with Crippen LogP contribution in [0.3, 0.4) is 0 Å². The summed E-state index contributed by atoms with van der Waals surface area (Å²) in [6.45, 7) is 3.22. The Morgan fingerprint density at radius 2 is 1.70 bits per heavy atom. The monoisotopic (exact) mass is 372 g/mol. The van der Waals surface area contributed by atoms with Crippen molar-refractivity contribution >= 4 is 11.0 Å². The van der Waals surface area contributed by atoms with E-state index in [0.717, 1.165) is 12.3 Å². The van der Waals surface area contributed by atoms with Gasteiger partial charge in [-0.15, -0.1) is 0 Å². The Kier molecular flexibility index (Phi) is 4.49. The molecule has 27 heavy (non-hydrogen) atoms. The maximum Gasteiger partial charge on any atom is 0.204 e. The first-order valence-electron chi connectivity index (χ1n) is 8.32. The molecule has 0 amide bonds. The summed E-state index contributed by atoms with van der Waals surface area (Å²) in [4.78, 5) is 12.8. The summed E-state index contributed by atoms with van der Waals surface area (Å²) >= 11 is 0. The Balaban J connectivity index is 2.17. The molecule has 0 bridgehead atoms. The number of hydrogen-bond donors (Lipinski definition) is 5. The Hall–Kier alpha value is -3.19. The Morgan fingerprint density at radius 1 is 1.00 bits per heavy atom. The van der Waals surface area contributed by atoms with E-state index in [1.165, 1.54) is 18.2 Å². The first kappa shape index (κ1) is 18.6. The Bertz CT molecular complexity index is 1070. The molecule has 0 radical (unpaired) electrons. The molecule has 3 rings (SSSR count). The second-order valence-corrected chi connectivity index (χ2v) is 7.09. The number of aromatic hydroxyl groups is 4. The molecule has 2 aromatic carbocycles. The van der Waals surface area contributed by atoms with Crippen LogP contribution in [-0.2, 0) is 6.42 Å². The van der Waals surface area contributed by atoms with Gasteiger partial charge in [-0.05, 0) is 38.8 Å². The maximum absolute atomic E-state index is 12.8. The number of fused-ring (bicyclic) bond motifs is 1. The predicted molar refractivity (Wildman–Crippen MR) is 99.2 cm³/mol. The zero-order chi connectivity index (χ0) is 19.9. The molecule has 0 atom stereocenters. The van der Waals surface area contributed by atoms with Gasteiger partial charge in [-0.1, -0.05) is 0 Å². The van der Waals surface area contributed by atoms with E-state index >= 15 is 0 Å². The summed E-state index contributed by atoms with van der Waals surface area (Å²) in [6.07, 6.45) is 1.59. The van der Waals surface area contributed by atoms with Crippen LogP contribution >= 0.6 is 0 Å². The molecular weight excluding hydrogens is 352 g/mol. The topological polar surface area (TPSA) is 131 Å². The van der Waals surface area contributed by atoms with Gasteiger partial charge < -0.3 is 29.9 Å². The number of phenolic OH excluding ortho intramolecular Hbond substituents is 4. The summed E-state index contributed by atoms with van der Waals surface area (Å²) in [5.74, 6) is -1.15. The van der Waals surface area contributed by atoms with Crippen molar-refractivity contribution in [2.75, 3.05) is 0 Å². The lowest BCUT2D eigenvalue weighted by molar-refractivity contribution is 0.0711.